The molecule has 0 unspecified atom stereocenters. The first kappa shape index (κ1) is 29.2. The molecule has 45 heavy (non-hydrogen) atoms. The van der Waals surface area contributed by atoms with Gasteiger partial charge in [-0.3, -0.25) is 19.2 Å². The Bertz CT molecular complexity index is 1490. The molecule has 1 aromatic heterocycles. The highest BCUT2D eigenvalue weighted by molar-refractivity contribution is 5.99. The van der Waals surface area contributed by atoms with E-state index in [0.717, 1.165) is 31.2 Å². The average Bonchev–Trinajstić information content (AvgIpc) is 3.94. The van der Waals surface area contributed by atoms with Crippen LogP contribution in [0.2, 0.25) is 0 Å². The van der Waals surface area contributed by atoms with Crippen molar-refractivity contribution < 1.29 is 33.8 Å². The van der Waals surface area contributed by atoms with Gasteiger partial charge >= 0.3 is 0 Å². The number of benzene rings is 2. The Morgan fingerprint density at radius 2 is 1.13 bits per heavy atom. The Morgan fingerprint density at radius 1 is 0.689 bits per heavy atom. The first-order valence-corrected chi connectivity index (χ1v) is 15.5. The number of carbonyl (C=O) groups is 4. The number of aliphatic hydroxyl groups excluding tert-OH is 2. The molecule has 4 aliphatic rings. The van der Waals surface area contributed by atoms with Gasteiger partial charge < -0.3 is 35.1 Å². The quantitative estimate of drug-likeness (QED) is 0.301. The summed E-state index contributed by atoms with van der Waals surface area (Å²) in [4.78, 5) is 58.5. The van der Waals surface area contributed by atoms with Crippen LogP contribution in [0.25, 0.3) is 22.8 Å². The Balaban J connectivity index is 0.960. The minimum absolute atomic E-state index is 0.0243. The molecule has 2 aromatic carbocycles. The third-order valence-corrected chi connectivity index (χ3v) is 8.92. The number of aromatic nitrogens is 1. The van der Waals surface area contributed by atoms with Gasteiger partial charge in [-0.25, -0.2) is 4.98 Å². The molecule has 234 valence electrons. The average molecular weight is 614 g/mol. The number of nitrogens with zero attached hydrogens (tertiary/aromatic N) is 3. The summed E-state index contributed by atoms with van der Waals surface area (Å²) in [6.07, 6.45) is 3.99. The molecule has 0 bridgehead atoms. The Morgan fingerprint density at radius 3 is 1.58 bits per heavy atom. The largest absolute Gasteiger partial charge is 0.436 e. The lowest BCUT2D eigenvalue weighted by Gasteiger charge is -2.23. The number of carbonyl (C=O) groups excluding carboxylic acids is 4. The summed E-state index contributed by atoms with van der Waals surface area (Å²) in [6.45, 7) is 0.368. The standard InChI is InChI=1S/C33H35N5O7/c39-24-13-26(37(16-24)32(43)20-1-2-20)29(41)35-22-9-5-18(6-10-22)28-15-34-31(45-28)19-7-11-23(12-8-19)36-30(42)27-14-25(40)17-38(27)33(44)21-3-4-21/h5-12,15,20-21,24-27,39-40H,1-4,13-14,16-17H2,(H,35,41)(H,36,42)/t24-,25-,26+,27+/m1/s1. The maximum Gasteiger partial charge on any atom is 0.247 e. The van der Waals surface area contributed by atoms with Gasteiger partial charge in [-0.15, -0.1) is 0 Å². The van der Waals surface area contributed by atoms with Crippen molar-refractivity contribution >= 4 is 35.0 Å². The summed E-state index contributed by atoms with van der Waals surface area (Å²) in [5, 5.41) is 25.9. The van der Waals surface area contributed by atoms with Crippen LogP contribution in [0.1, 0.15) is 38.5 Å². The number of aliphatic hydroxyl groups is 2. The number of hydrogen-bond donors (Lipinski definition) is 4. The molecular formula is C33H35N5O7. The van der Waals surface area contributed by atoms with Gasteiger partial charge in [0.25, 0.3) is 0 Å². The molecule has 3 aromatic rings. The molecule has 4 amide bonds. The number of oxazole rings is 1. The number of hydrogen-bond acceptors (Lipinski definition) is 8. The summed E-state index contributed by atoms with van der Waals surface area (Å²) in [5.74, 6) is 0.114. The van der Waals surface area contributed by atoms with Crippen molar-refractivity contribution in [3.8, 4) is 22.8 Å². The summed E-state index contributed by atoms with van der Waals surface area (Å²) in [7, 11) is 0. The molecule has 12 heteroatoms. The fraction of sp³-hybridized carbons (Fsp3) is 0.424. The second-order valence-corrected chi connectivity index (χ2v) is 12.5. The normalized spacial score (nSPS) is 24.5. The molecule has 2 saturated carbocycles. The molecule has 2 saturated heterocycles. The number of β-amino-alcohol motifs (C(OH)–C–C–N with tert-alkyl or cyclic N) is 2. The van der Waals surface area contributed by atoms with Crippen LogP contribution in [0.5, 0.6) is 0 Å². The number of anilines is 2. The molecular weight excluding hydrogens is 578 g/mol. The monoisotopic (exact) mass is 613 g/mol. The minimum Gasteiger partial charge on any atom is -0.436 e. The fourth-order valence-electron chi connectivity index (χ4n) is 6.15. The summed E-state index contributed by atoms with van der Waals surface area (Å²) >= 11 is 0. The van der Waals surface area contributed by atoms with Crippen LogP contribution in [-0.2, 0) is 19.2 Å². The van der Waals surface area contributed by atoms with Crippen molar-refractivity contribution in [1.29, 1.82) is 0 Å². The molecule has 2 aliphatic heterocycles. The van der Waals surface area contributed by atoms with Crippen LogP contribution in [0, 0.1) is 11.8 Å². The van der Waals surface area contributed by atoms with Gasteiger partial charge in [0.05, 0.1) is 18.4 Å². The van der Waals surface area contributed by atoms with Crippen LogP contribution in [0.4, 0.5) is 11.4 Å². The van der Waals surface area contributed by atoms with Crippen LogP contribution < -0.4 is 10.6 Å². The third kappa shape index (κ3) is 6.20. The van der Waals surface area contributed by atoms with Gasteiger partial charge in [0.2, 0.25) is 29.5 Å². The zero-order chi connectivity index (χ0) is 31.2. The van der Waals surface area contributed by atoms with Gasteiger partial charge in [0, 0.05) is 60.3 Å². The number of likely N-dealkylation sites (tertiary alicyclic amines) is 2. The molecule has 7 rings (SSSR count). The highest BCUT2D eigenvalue weighted by Gasteiger charge is 2.45. The third-order valence-electron chi connectivity index (χ3n) is 8.92. The van der Waals surface area contributed by atoms with E-state index < -0.39 is 24.3 Å². The fourth-order valence-corrected chi connectivity index (χ4v) is 6.15. The van der Waals surface area contributed by atoms with E-state index in [0.29, 0.717) is 28.6 Å². The highest BCUT2D eigenvalue weighted by Crippen LogP contribution is 2.35. The van der Waals surface area contributed by atoms with E-state index in [9.17, 15) is 29.4 Å². The van der Waals surface area contributed by atoms with E-state index in [1.807, 2.05) is 0 Å². The molecule has 4 atom stereocenters. The lowest BCUT2D eigenvalue weighted by molar-refractivity contribution is -0.138. The van der Waals surface area contributed by atoms with E-state index in [-0.39, 0.29) is 61.4 Å². The van der Waals surface area contributed by atoms with Crippen molar-refractivity contribution in [3.63, 3.8) is 0 Å². The second-order valence-electron chi connectivity index (χ2n) is 12.5. The van der Waals surface area contributed by atoms with E-state index in [1.165, 1.54) is 9.80 Å². The van der Waals surface area contributed by atoms with Crippen LogP contribution >= 0.6 is 0 Å². The lowest BCUT2D eigenvalue weighted by Crippen LogP contribution is -2.43. The summed E-state index contributed by atoms with van der Waals surface area (Å²) in [6, 6.07) is 12.7. The van der Waals surface area contributed by atoms with Gasteiger partial charge in [-0.05, 0) is 74.2 Å². The Kier molecular flexibility index (Phi) is 7.62. The molecule has 0 radical (unpaired) electrons. The predicted octanol–water partition coefficient (Wildman–Crippen LogP) is 2.63. The van der Waals surface area contributed by atoms with E-state index >= 15 is 0 Å². The van der Waals surface area contributed by atoms with Gasteiger partial charge in [-0.1, -0.05) is 0 Å². The van der Waals surface area contributed by atoms with E-state index in [4.69, 9.17) is 4.42 Å². The maximum absolute atomic E-state index is 13.0. The van der Waals surface area contributed by atoms with Crippen LogP contribution in [0.3, 0.4) is 0 Å². The van der Waals surface area contributed by atoms with Gasteiger partial charge in [0.15, 0.2) is 5.76 Å². The zero-order valence-corrected chi connectivity index (χ0v) is 24.6. The van der Waals surface area contributed by atoms with Crippen LogP contribution in [-0.4, -0.2) is 86.0 Å². The van der Waals surface area contributed by atoms with Crippen molar-refractivity contribution in [2.24, 2.45) is 11.8 Å². The predicted molar refractivity (Wildman–Crippen MR) is 162 cm³/mol. The zero-order valence-electron chi connectivity index (χ0n) is 24.6. The minimum atomic E-state index is -0.707. The van der Waals surface area contributed by atoms with E-state index in [2.05, 4.69) is 15.6 Å². The Labute approximate surface area is 259 Å². The van der Waals surface area contributed by atoms with E-state index in [1.54, 1.807) is 54.7 Å². The molecule has 4 fully saturated rings. The maximum atomic E-state index is 13.0. The van der Waals surface area contributed by atoms with Crippen molar-refractivity contribution in [2.75, 3.05) is 23.7 Å². The highest BCUT2D eigenvalue weighted by atomic mass is 16.4. The smallest absolute Gasteiger partial charge is 0.247 e. The van der Waals surface area contributed by atoms with Gasteiger partial charge in [-0.2, -0.15) is 0 Å². The number of amides is 4. The van der Waals surface area contributed by atoms with Crippen molar-refractivity contribution in [3.05, 3.63) is 54.7 Å². The Hall–Kier alpha value is -4.55. The SMILES string of the molecule is O=C(Nc1ccc(-c2cnc(-c3ccc(NC(=O)[C@@H]4C[C@@H](O)CN4C(=O)C4CC4)cc3)o2)cc1)[C@@H]1C[C@@H](O)CN1C(=O)C1CC1. The number of rotatable bonds is 8. The number of nitrogens with one attached hydrogen (secondary N) is 2. The first-order chi connectivity index (χ1) is 21.7. The summed E-state index contributed by atoms with van der Waals surface area (Å²) < 4.78 is 5.99. The topological polar surface area (TPSA) is 165 Å². The second kappa shape index (κ2) is 11.8. The summed E-state index contributed by atoms with van der Waals surface area (Å²) in [5.41, 5.74) is 2.57. The lowest BCUT2D eigenvalue weighted by atomic mass is 10.1. The molecule has 0 spiro atoms. The molecule has 3 heterocycles. The van der Waals surface area contributed by atoms with Gasteiger partial charge in [0.1, 0.15) is 12.1 Å². The first-order valence-electron chi connectivity index (χ1n) is 15.5. The molecule has 12 nitrogen and oxygen atoms in total. The molecule has 2 aliphatic carbocycles. The van der Waals surface area contributed by atoms with Crippen molar-refractivity contribution in [2.45, 2.75) is 62.8 Å². The molecule has 4 N–H and O–H groups in total. The van der Waals surface area contributed by atoms with Crippen molar-refractivity contribution in [1.82, 2.24) is 14.8 Å². The van der Waals surface area contributed by atoms with Crippen LogP contribution in [0.15, 0.2) is 59.1 Å².